The lowest BCUT2D eigenvalue weighted by atomic mass is 9.93. The van der Waals surface area contributed by atoms with Crippen LogP contribution in [0.3, 0.4) is 0 Å². The van der Waals surface area contributed by atoms with Gasteiger partial charge in [-0.1, -0.05) is 0 Å². The summed E-state index contributed by atoms with van der Waals surface area (Å²) >= 11 is 1.51. The molecule has 0 bridgehead atoms. The highest BCUT2D eigenvalue weighted by atomic mass is 32.1. The number of nitrogens with zero attached hydrogens (tertiary/aromatic N) is 6. The Hall–Kier alpha value is -2.75. The van der Waals surface area contributed by atoms with Crippen LogP contribution in [0.1, 0.15) is 18.7 Å². The highest BCUT2D eigenvalue weighted by Gasteiger charge is 2.25. The van der Waals surface area contributed by atoms with E-state index < -0.39 is 0 Å². The monoisotopic (exact) mass is 373 g/mol. The fourth-order valence-corrected chi connectivity index (χ4v) is 4.04. The smallest absolute Gasteiger partial charge is 0.341 e. The Morgan fingerprint density at radius 1 is 1.35 bits per heavy atom. The lowest BCUT2D eigenvalue weighted by molar-refractivity contribution is -0.133. The van der Waals surface area contributed by atoms with E-state index in [0.29, 0.717) is 19.0 Å². The molecule has 3 aromatic heterocycles. The zero-order valence-corrected chi connectivity index (χ0v) is 14.9. The summed E-state index contributed by atoms with van der Waals surface area (Å²) in [5.41, 5.74) is -0.206. The Balaban J connectivity index is 1.36. The van der Waals surface area contributed by atoms with Crippen LogP contribution in [0.15, 0.2) is 35.0 Å². The van der Waals surface area contributed by atoms with E-state index in [9.17, 15) is 9.59 Å². The number of aromatic nitrogens is 6. The molecule has 1 amide bonds. The molecule has 4 heterocycles. The zero-order valence-electron chi connectivity index (χ0n) is 14.1. The fraction of sp³-hybridized carbons (Fsp3) is 0.438. The van der Waals surface area contributed by atoms with Gasteiger partial charge in [0.25, 0.3) is 0 Å². The summed E-state index contributed by atoms with van der Waals surface area (Å²) < 4.78 is 3.19. The van der Waals surface area contributed by atoms with Gasteiger partial charge in [0, 0.05) is 19.5 Å². The van der Waals surface area contributed by atoms with Crippen molar-refractivity contribution in [1.82, 2.24) is 34.4 Å². The number of H-pyrrole nitrogens is 1. The molecule has 0 atom stereocenters. The summed E-state index contributed by atoms with van der Waals surface area (Å²) in [6, 6.07) is 3.83. The van der Waals surface area contributed by atoms with Crippen LogP contribution in [0.5, 0.6) is 0 Å². The van der Waals surface area contributed by atoms with E-state index in [0.717, 1.165) is 30.1 Å². The largest absolute Gasteiger partial charge is 0.348 e. The maximum atomic E-state index is 12.3. The highest BCUT2D eigenvalue weighted by molar-refractivity contribution is 7.12. The van der Waals surface area contributed by atoms with E-state index in [1.807, 2.05) is 22.4 Å². The van der Waals surface area contributed by atoms with E-state index in [-0.39, 0.29) is 18.1 Å². The SMILES string of the molecule is O=C(Cn1cncn1)N1CCC(Cc2n[nH]c(=O)n2-c2cccs2)CC1. The number of carbonyl (C=O) groups excluding carboxylic acids is 1. The molecule has 0 radical (unpaired) electrons. The molecule has 1 N–H and O–H groups in total. The molecule has 0 aromatic carbocycles. The van der Waals surface area contributed by atoms with E-state index in [1.54, 1.807) is 10.9 Å². The van der Waals surface area contributed by atoms with Crippen LogP contribution in [0.2, 0.25) is 0 Å². The van der Waals surface area contributed by atoms with Gasteiger partial charge in [0.15, 0.2) is 0 Å². The van der Waals surface area contributed by atoms with Crippen molar-refractivity contribution < 1.29 is 4.79 Å². The van der Waals surface area contributed by atoms with Crippen LogP contribution >= 0.6 is 11.3 Å². The van der Waals surface area contributed by atoms with E-state index in [1.165, 1.54) is 22.3 Å². The molecular weight excluding hydrogens is 354 g/mol. The molecule has 9 nitrogen and oxygen atoms in total. The van der Waals surface area contributed by atoms with Crippen molar-refractivity contribution in [2.24, 2.45) is 5.92 Å². The first kappa shape index (κ1) is 16.7. The number of carbonyl (C=O) groups is 1. The quantitative estimate of drug-likeness (QED) is 0.709. The van der Waals surface area contributed by atoms with Crippen molar-refractivity contribution in [3.05, 3.63) is 46.5 Å². The maximum Gasteiger partial charge on any atom is 0.348 e. The predicted octanol–water partition coefficient (Wildman–Crippen LogP) is 0.695. The second kappa shape index (κ2) is 7.24. The minimum Gasteiger partial charge on any atom is -0.341 e. The highest BCUT2D eigenvalue weighted by Crippen LogP contribution is 2.22. The number of hydrogen-bond donors (Lipinski definition) is 1. The third-order valence-electron chi connectivity index (χ3n) is 4.67. The van der Waals surface area contributed by atoms with Gasteiger partial charge in [-0.15, -0.1) is 11.3 Å². The molecule has 1 aliphatic heterocycles. The summed E-state index contributed by atoms with van der Waals surface area (Å²) in [4.78, 5) is 30.1. The number of nitrogens with one attached hydrogen (secondary N) is 1. The van der Waals surface area contributed by atoms with Gasteiger partial charge in [0.2, 0.25) is 5.91 Å². The predicted molar refractivity (Wildman–Crippen MR) is 95.1 cm³/mol. The molecule has 1 saturated heterocycles. The van der Waals surface area contributed by atoms with Crippen LogP contribution in [0.25, 0.3) is 5.00 Å². The van der Waals surface area contributed by atoms with Gasteiger partial charge in [-0.2, -0.15) is 10.2 Å². The normalized spacial score (nSPS) is 15.5. The number of aromatic amines is 1. The van der Waals surface area contributed by atoms with Crippen molar-refractivity contribution in [3.8, 4) is 5.00 Å². The second-order valence-electron chi connectivity index (χ2n) is 6.35. The Kier molecular flexibility index (Phi) is 4.65. The summed E-state index contributed by atoms with van der Waals surface area (Å²) in [7, 11) is 0. The topological polar surface area (TPSA) is 102 Å². The molecule has 3 aromatic rings. The van der Waals surface area contributed by atoms with Crippen LogP contribution in [-0.2, 0) is 17.8 Å². The Morgan fingerprint density at radius 3 is 2.88 bits per heavy atom. The van der Waals surface area contributed by atoms with E-state index in [4.69, 9.17) is 0 Å². The lowest BCUT2D eigenvalue weighted by Gasteiger charge is -2.31. The average molecular weight is 373 g/mol. The third kappa shape index (κ3) is 3.45. The molecule has 1 aliphatic rings. The molecule has 0 unspecified atom stereocenters. The number of likely N-dealkylation sites (tertiary alicyclic amines) is 1. The molecule has 0 aliphatic carbocycles. The standard InChI is InChI=1S/C16H19N7O2S/c24-14(9-22-11-17-10-18-22)21-5-3-12(4-6-21)8-13-19-20-16(25)23(13)15-2-1-7-26-15/h1-2,7,10-12H,3-6,8-9H2,(H,20,25). The van der Waals surface area contributed by atoms with Gasteiger partial charge < -0.3 is 4.90 Å². The van der Waals surface area contributed by atoms with E-state index in [2.05, 4.69) is 20.3 Å². The van der Waals surface area contributed by atoms with Gasteiger partial charge in [0.05, 0.1) is 0 Å². The number of thiophene rings is 1. The number of hydrogen-bond acceptors (Lipinski definition) is 6. The Labute approximate surface area is 153 Å². The number of amides is 1. The summed E-state index contributed by atoms with van der Waals surface area (Å²) in [6.07, 6.45) is 5.49. The fourth-order valence-electron chi connectivity index (χ4n) is 3.29. The Morgan fingerprint density at radius 2 is 2.19 bits per heavy atom. The molecule has 0 saturated carbocycles. The maximum absolute atomic E-state index is 12.3. The average Bonchev–Trinajstić information content (AvgIpc) is 3.38. The van der Waals surface area contributed by atoms with Crippen molar-refractivity contribution >= 4 is 17.2 Å². The Bertz CT molecular complexity index is 905. The van der Waals surface area contributed by atoms with Crippen molar-refractivity contribution in [2.75, 3.05) is 13.1 Å². The van der Waals surface area contributed by atoms with Crippen molar-refractivity contribution in [2.45, 2.75) is 25.8 Å². The van der Waals surface area contributed by atoms with Gasteiger partial charge >= 0.3 is 5.69 Å². The summed E-state index contributed by atoms with van der Waals surface area (Å²) in [6.45, 7) is 1.65. The van der Waals surface area contributed by atoms with Crippen molar-refractivity contribution in [1.29, 1.82) is 0 Å². The van der Waals surface area contributed by atoms with Crippen LogP contribution in [0.4, 0.5) is 0 Å². The van der Waals surface area contributed by atoms with Crippen molar-refractivity contribution in [3.63, 3.8) is 0 Å². The molecule has 136 valence electrons. The molecule has 1 fully saturated rings. The second-order valence-corrected chi connectivity index (χ2v) is 7.28. The first-order valence-corrected chi connectivity index (χ1v) is 9.39. The number of rotatable bonds is 5. The van der Waals surface area contributed by atoms with Gasteiger partial charge in [-0.25, -0.2) is 24.1 Å². The minimum atomic E-state index is -0.206. The van der Waals surface area contributed by atoms with Gasteiger partial charge in [-0.05, 0) is 36.3 Å². The van der Waals surface area contributed by atoms with Gasteiger partial charge in [-0.3, -0.25) is 4.79 Å². The molecule has 10 heteroatoms. The molecule has 0 spiro atoms. The summed E-state index contributed by atoms with van der Waals surface area (Å²) in [5, 5.41) is 13.5. The molecule has 26 heavy (non-hydrogen) atoms. The minimum absolute atomic E-state index is 0.0595. The summed E-state index contributed by atoms with van der Waals surface area (Å²) in [5.74, 6) is 1.22. The zero-order chi connectivity index (χ0) is 17.9. The first-order chi connectivity index (χ1) is 12.7. The lowest BCUT2D eigenvalue weighted by Crippen LogP contribution is -2.40. The van der Waals surface area contributed by atoms with Gasteiger partial charge in [0.1, 0.15) is 30.0 Å². The van der Waals surface area contributed by atoms with Crippen LogP contribution in [0, 0.1) is 5.92 Å². The number of piperidine rings is 1. The third-order valence-corrected chi connectivity index (χ3v) is 5.52. The molecular formula is C16H19N7O2S. The molecule has 4 rings (SSSR count). The first-order valence-electron chi connectivity index (χ1n) is 8.51. The van der Waals surface area contributed by atoms with E-state index >= 15 is 0 Å². The van der Waals surface area contributed by atoms with Crippen LogP contribution < -0.4 is 5.69 Å². The van der Waals surface area contributed by atoms with Crippen LogP contribution in [-0.4, -0.2) is 53.4 Å².